The molecule has 5 rings (SSSR count). The Morgan fingerprint density at radius 2 is 1.95 bits per heavy atom. The number of hydrogen-bond donors (Lipinski definition) is 2. The highest BCUT2D eigenvalue weighted by atomic mass is 28.4. The number of carbonyl (C=O) groups is 1. The SMILES string of the molecule is COc1ccc2c(c1)[C@@]1(O[C@H](CCn3cc(CCO)nn3)[C@@H]([Si](C)(C)O)[C@@H]1C)C(=O)N2c1ccccc1. The van der Waals surface area contributed by atoms with E-state index in [1.165, 1.54) is 0 Å². The van der Waals surface area contributed by atoms with Crippen LogP contribution >= 0.6 is 0 Å². The first-order valence-electron chi connectivity index (χ1n) is 12.7. The summed E-state index contributed by atoms with van der Waals surface area (Å²) in [5, 5.41) is 17.5. The average Bonchev–Trinajstić information content (AvgIpc) is 3.52. The number of nitrogens with zero attached hydrogens (tertiary/aromatic N) is 4. The predicted octanol–water partition coefficient (Wildman–Crippen LogP) is 3.39. The number of benzene rings is 2. The zero-order chi connectivity index (χ0) is 26.4. The van der Waals surface area contributed by atoms with E-state index in [1.54, 1.807) is 16.7 Å². The fraction of sp³-hybridized carbons (Fsp3) is 0.444. The molecule has 1 saturated heterocycles. The molecule has 2 aliphatic rings. The van der Waals surface area contributed by atoms with Crippen LogP contribution in [0.3, 0.4) is 0 Å². The van der Waals surface area contributed by atoms with E-state index in [2.05, 4.69) is 10.3 Å². The summed E-state index contributed by atoms with van der Waals surface area (Å²) in [6.07, 6.45) is 2.47. The summed E-state index contributed by atoms with van der Waals surface area (Å²) in [6, 6.07) is 15.2. The second-order valence-electron chi connectivity index (χ2n) is 10.5. The van der Waals surface area contributed by atoms with E-state index in [-0.39, 0.29) is 30.1 Å². The van der Waals surface area contributed by atoms with Crippen LogP contribution in [0.2, 0.25) is 18.6 Å². The maximum Gasteiger partial charge on any atom is 0.268 e. The van der Waals surface area contributed by atoms with Crippen LogP contribution in [0.4, 0.5) is 11.4 Å². The first kappa shape index (κ1) is 25.6. The largest absolute Gasteiger partial charge is 0.497 e. The smallest absolute Gasteiger partial charge is 0.268 e. The molecule has 2 aliphatic heterocycles. The lowest BCUT2D eigenvalue weighted by Gasteiger charge is -2.32. The van der Waals surface area contributed by atoms with Gasteiger partial charge in [-0.3, -0.25) is 14.4 Å². The van der Waals surface area contributed by atoms with Crippen molar-refractivity contribution >= 4 is 25.6 Å². The zero-order valence-corrected chi connectivity index (χ0v) is 22.7. The van der Waals surface area contributed by atoms with Crippen LogP contribution in [-0.4, -0.2) is 58.9 Å². The van der Waals surface area contributed by atoms with Gasteiger partial charge in [0.05, 0.1) is 24.6 Å². The van der Waals surface area contributed by atoms with Gasteiger partial charge in [0.15, 0.2) is 13.9 Å². The topological polar surface area (TPSA) is 110 Å². The summed E-state index contributed by atoms with van der Waals surface area (Å²) >= 11 is 0. The third kappa shape index (κ3) is 4.27. The van der Waals surface area contributed by atoms with Gasteiger partial charge in [-0.2, -0.15) is 0 Å². The number of hydrogen-bond acceptors (Lipinski definition) is 7. The molecule has 1 spiro atoms. The molecule has 9 nitrogen and oxygen atoms in total. The Morgan fingerprint density at radius 1 is 1.19 bits per heavy atom. The summed E-state index contributed by atoms with van der Waals surface area (Å²) in [6.45, 7) is 6.40. The molecule has 1 aromatic heterocycles. The third-order valence-electron chi connectivity index (χ3n) is 7.71. The van der Waals surface area contributed by atoms with Crippen LogP contribution in [0.15, 0.2) is 54.7 Å². The number of aromatic nitrogens is 3. The second kappa shape index (κ2) is 9.68. The van der Waals surface area contributed by atoms with Crippen molar-refractivity contribution in [1.82, 2.24) is 15.0 Å². The van der Waals surface area contributed by atoms with Crippen LogP contribution in [0, 0.1) is 5.92 Å². The lowest BCUT2D eigenvalue weighted by atomic mass is 9.82. The highest BCUT2D eigenvalue weighted by molar-refractivity contribution is 6.71. The van der Waals surface area contributed by atoms with Gasteiger partial charge < -0.3 is 19.4 Å². The molecule has 1 fully saturated rings. The van der Waals surface area contributed by atoms with Crippen LogP contribution in [0.1, 0.15) is 24.6 Å². The Balaban J connectivity index is 1.55. The van der Waals surface area contributed by atoms with Crippen molar-refractivity contribution in [3.63, 3.8) is 0 Å². The maximum absolute atomic E-state index is 14.4. The minimum absolute atomic E-state index is 0.0136. The van der Waals surface area contributed by atoms with Gasteiger partial charge in [0, 0.05) is 48.5 Å². The minimum atomic E-state index is -2.77. The molecule has 2 aromatic carbocycles. The average molecular weight is 523 g/mol. The molecule has 3 aromatic rings. The van der Waals surface area contributed by atoms with Gasteiger partial charge in [-0.15, -0.1) is 5.10 Å². The number of aliphatic hydroxyl groups excluding tert-OH is 1. The summed E-state index contributed by atoms with van der Waals surface area (Å²) in [5.74, 6) is 0.235. The fourth-order valence-electron chi connectivity index (χ4n) is 6.15. The van der Waals surface area contributed by atoms with Gasteiger partial charge in [-0.25, -0.2) is 0 Å². The quantitative estimate of drug-likeness (QED) is 0.437. The van der Waals surface area contributed by atoms with Gasteiger partial charge in [-0.05, 0) is 49.8 Å². The lowest BCUT2D eigenvalue weighted by Crippen LogP contribution is -2.45. The van der Waals surface area contributed by atoms with Crippen LogP contribution in [0.25, 0.3) is 0 Å². The van der Waals surface area contributed by atoms with Crippen molar-refractivity contribution in [2.24, 2.45) is 5.92 Å². The number of amides is 1. The molecule has 196 valence electrons. The normalized spacial score (nSPS) is 25.2. The van der Waals surface area contributed by atoms with Gasteiger partial charge >= 0.3 is 0 Å². The van der Waals surface area contributed by atoms with Gasteiger partial charge in [0.1, 0.15) is 5.75 Å². The van der Waals surface area contributed by atoms with E-state index in [9.17, 15) is 14.7 Å². The standard InChI is InChI=1S/C27H34N4O5Si/c1-18-25(37(3,4)34)24(12-14-30-17-19(13-15-32)28-29-30)36-27(18)22-16-21(35-2)10-11-23(22)31(26(27)33)20-8-6-5-7-9-20/h5-11,16-18,24-25,32,34H,12-15H2,1-4H3/t18-,24+,25-,27+/m0/s1. The van der Waals surface area contributed by atoms with Gasteiger partial charge in [-0.1, -0.05) is 30.3 Å². The Morgan fingerprint density at radius 3 is 2.62 bits per heavy atom. The number of ether oxygens (including phenoxy) is 2. The Kier molecular flexibility index (Phi) is 6.69. The molecule has 0 aliphatic carbocycles. The third-order valence-corrected chi connectivity index (χ3v) is 10.2. The molecule has 0 saturated carbocycles. The number of para-hydroxylation sites is 1. The Hall–Kier alpha value is -3.05. The molecule has 10 heteroatoms. The molecule has 0 unspecified atom stereocenters. The molecule has 3 heterocycles. The number of fused-ring (bicyclic) bond motifs is 2. The van der Waals surface area contributed by atoms with Crippen molar-refractivity contribution in [2.45, 2.75) is 56.7 Å². The van der Waals surface area contributed by atoms with Crippen molar-refractivity contribution in [1.29, 1.82) is 0 Å². The van der Waals surface area contributed by atoms with E-state index < -0.39 is 13.9 Å². The highest BCUT2D eigenvalue weighted by Crippen LogP contribution is 2.61. The fourth-order valence-corrected chi connectivity index (χ4v) is 8.75. The van der Waals surface area contributed by atoms with E-state index >= 15 is 0 Å². The first-order valence-corrected chi connectivity index (χ1v) is 15.7. The van der Waals surface area contributed by atoms with E-state index in [0.29, 0.717) is 25.1 Å². The molecule has 0 bridgehead atoms. The number of carbonyl (C=O) groups excluding carboxylic acids is 1. The number of rotatable bonds is 8. The number of aliphatic hydroxyl groups is 1. The molecular formula is C27H34N4O5Si. The first-order chi connectivity index (χ1) is 17.7. The van der Waals surface area contributed by atoms with Crippen molar-refractivity contribution in [3.05, 3.63) is 66.0 Å². The monoisotopic (exact) mass is 522 g/mol. The van der Waals surface area contributed by atoms with E-state index in [1.807, 2.05) is 74.7 Å². The number of aryl methyl sites for hydroxylation is 1. The summed E-state index contributed by atoms with van der Waals surface area (Å²) < 4.78 is 14.1. The molecule has 1 amide bonds. The number of methoxy groups -OCH3 is 1. The molecule has 0 radical (unpaired) electrons. The summed E-state index contributed by atoms with van der Waals surface area (Å²) in [5.41, 5.74) is 1.60. The molecule has 37 heavy (non-hydrogen) atoms. The highest BCUT2D eigenvalue weighted by Gasteiger charge is 2.66. The number of anilines is 2. The molecule has 4 atom stereocenters. The van der Waals surface area contributed by atoms with Crippen LogP contribution < -0.4 is 9.64 Å². The van der Waals surface area contributed by atoms with E-state index in [4.69, 9.17) is 9.47 Å². The Labute approximate surface area is 217 Å². The lowest BCUT2D eigenvalue weighted by molar-refractivity contribution is -0.145. The maximum atomic E-state index is 14.4. The van der Waals surface area contributed by atoms with Gasteiger partial charge in [0.2, 0.25) is 0 Å². The van der Waals surface area contributed by atoms with Crippen molar-refractivity contribution < 1.29 is 24.2 Å². The molecular weight excluding hydrogens is 488 g/mol. The van der Waals surface area contributed by atoms with Gasteiger partial charge in [0.25, 0.3) is 5.91 Å². The van der Waals surface area contributed by atoms with Crippen LogP contribution in [0.5, 0.6) is 5.75 Å². The molecule has 2 N–H and O–H groups in total. The zero-order valence-electron chi connectivity index (χ0n) is 21.7. The van der Waals surface area contributed by atoms with E-state index in [0.717, 1.165) is 22.6 Å². The second-order valence-corrected chi connectivity index (χ2v) is 14.4. The minimum Gasteiger partial charge on any atom is -0.497 e. The summed E-state index contributed by atoms with van der Waals surface area (Å²) in [4.78, 5) is 27.6. The summed E-state index contributed by atoms with van der Waals surface area (Å²) in [7, 11) is -1.16. The van der Waals surface area contributed by atoms with Crippen molar-refractivity contribution in [2.75, 3.05) is 18.6 Å². The van der Waals surface area contributed by atoms with Crippen molar-refractivity contribution in [3.8, 4) is 5.75 Å². The van der Waals surface area contributed by atoms with Crippen LogP contribution in [-0.2, 0) is 28.1 Å². The Bertz CT molecular complexity index is 1280. The predicted molar refractivity (Wildman–Crippen MR) is 141 cm³/mol.